The van der Waals surface area contributed by atoms with Gasteiger partial charge in [0, 0.05) is 17.1 Å². The van der Waals surface area contributed by atoms with E-state index in [1.165, 1.54) is 29.5 Å². The maximum atomic E-state index is 13.1. The van der Waals surface area contributed by atoms with Gasteiger partial charge in [0.15, 0.2) is 5.13 Å². The second-order valence-electron chi connectivity index (χ2n) is 5.96. The topological polar surface area (TPSA) is 83.1 Å². The smallest absolute Gasteiger partial charge is 0.321 e. The maximum Gasteiger partial charge on any atom is 0.321 e. The monoisotopic (exact) mass is 362 g/mol. The van der Waals surface area contributed by atoms with Crippen molar-refractivity contribution < 1.29 is 14.0 Å². The van der Waals surface area contributed by atoms with E-state index < -0.39 is 5.82 Å². The summed E-state index contributed by atoms with van der Waals surface area (Å²) in [4.78, 5) is 28.1. The number of hydrogen-bond acceptors (Lipinski definition) is 4. The van der Waals surface area contributed by atoms with Crippen molar-refractivity contribution in [3.63, 3.8) is 0 Å². The van der Waals surface area contributed by atoms with Gasteiger partial charge >= 0.3 is 6.03 Å². The van der Waals surface area contributed by atoms with Gasteiger partial charge in [0.2, 0.25) is 5.91 Å². The molecule has 0 radical (unpaired) electrons. The molecule has 2 aromatic rings. The fourth-order valence-electron chi connectivity index (χ4n) is 2.77. The van der Waals surface area contributed by atoms with Crippen LogP contribution in [0, 0.1) is 5.82 Å². The third-order valence-corrected chi connectivity index (χ3v) is 4.72. The number of carbonyl (C=O) groups excluding carboxylic acids is 2. The van der Waals surface area contributed by atoms with Gasteiger partial charge in [-0.15, -0.1) is 11.3 Å². The number of nitrogens with zero attached hydrogens (tertiary/aromatic N) is 1. The maximum absolute atomic E-state index is 13.1. The van der Waals surface area contributed by atoms with Gasteiger partial charge in [0.25, 0.3) is 0 Å². The van der Waals surface area contributed by atoms with Crippen LogP contribution < -0.4 is 16.0 Å². The van der Waals surface area contributed by atoms with Crippen LogP contribution in [-0.4, -0.2) is 23.0 Å². The number of amides is 3. The third kappa shape index (κ3) is 5.25. The first-order chi connectivity index (χ1) is 12.1. The number of hydrogen-bond donors (Lipinski definition) is 3. The summed E-state index contributed by atoms with van der Waals surface area (Å²) in [5, 5.41) is 10.4. The summed E-state index contributed by atoms with van der Waals surface area (Å²) >= 11 is 1.26. The Balaban J connectivity index is 1.49. The van der Waals surface area contributed by atoms with Crippen molar-refractivity contribution in [2.45, 2.75) is 38.1 Å². The van der Waals surface area contributed by atoms with Crippen molar-refractivity contribution in [3.8, 4) is 0 Å². The Morgan fingerprint density at radius 3 is 2.80 bits per heavy atom. The fraction of sp³-hybridized carbons (Fsp3) is 0.353. The van der Waals surface area contributed by atoms with Crippen molar-refractivity contribution in [1.29, 1.82) is 0 Å². The number of anilines is 2. The minimum absolute atomic E-state index is 0.0545. The first-order valence-electron chi connectivity index (χ1n) is 8.16. The molecule has 1 aromatic carbocycles. The molecule has 0 bridgehead atoms. The largest absolute Gasteiger partial charge is 0.335 e. The Morgan fingerprint density at radius 2 is 2.04 bits per heavy atom. The van der Waals surface area contributed by atoms with E-state index >= 15 is 0 Å². The SMILES string of the molecule is O=C(Cc1csc(NC(=O)NC2CCCC2)n1)Nc1cccc(F)c1. The minimum atomic E-state index is -0.411. The average Bonchev–Trinajstić information content (AvgIpc) is 3.19. The molecular formula is C17H19FN4O2S. The van der Waals surface area contributed by atoms with Crippen molar-refractivity contribution in [1.82, 2.24) is 10.3 Å². The van der Waals surface area contributed by atoms with E-state index in [-0.39, 0.29) is 24.4 Å². The summed E-state index contributed by atoms with van der Waals surface area (Å²) in [5.41, 5.74) is 0.949. The lowest BCUT2D eigenvalue weighted by atomic mass is 10.2. The molecule has 1 heterocycles. The van der Waals surface area contributed by atoms with Crippen LogP contribution in [0.5, 0.6) is 0 Å². The molecule has 0 saturated heterocycles. The molecule has 1 aliphatic carbocycles. The number of urea groups is 1. The number of nitrogens with one attached hydrogen (secondary N) is 3. The van der Waals surface area contributed by atoms with Crippen molar-refractivity contribution >= 4 is 34.1 Å². The molecule has 0 atom stereocenters. The van der Waals surface area contributed by atoms with E-state index in [4.69, 9.17) is 0 Å². The number of rotatable bonds is 5. The summed E-state index contributed by atoms with van der Waals surface area (Å²) in [6, 6.07) is 5.67. The standard InChI is InChI=1S/C17H19FN4O2S/c18-11-4-3-7-13(8-11)19-15(23)9-14-10-25-17(21-14)22-16(24)20-12-5-1-2-6-12/h3-4,7-8,10,12H,1-2,5-6,9H2,(H,19,23)(H2,20,21,22,24). The Bertz CT molecular complexity index is 759. The summed E-state index contributed by atoms with van der Waals surface area (Å²) in [5.74, 6) is -0.705. The van der Waals surface area contributed by atoms with Gasteiger partial charge in [0.1, 0.15) is 5.82 Å². The molecule has 1 saturated carbocycles. The van der Waals surface area contributed by atoms with E-state index in [9.17, 15) is 14.0 Å². The van der Waals surface area contributed by atoms with Gasteiger partial charge in [-0.2, -0.15) is 0 Å². The molecule has 1 aromatic heterocycles. The Morgan fingerprint density at radius 1 is 1.24 bits per heavy atom. The zero-order valence-electron chi connectivity index (χ0n) is 13.5. The number of halogens is 1. The third-order valence-electron chi connectivity index (χ3n) is 3.91. The molecule has 0 unspecified atom stereocenters. The summed E-state index contributed by atoms with van der Waals surface area (Å²) in [6.45, 7) is 0. The van der Waals surface area contributed by atoms with Crippen molar-refractivity contribution in [2.75, 3.05) is 10.6 Å². The highest BCUT2D eigenvalue weighted by Gasteiger charge is 2.17. The Labute approximate surface area is 148 Å². The predicted octanol–water partition coefficient (Wildman–Crippen LogP) is 3.53. The molecule has 0 spiro atoms. The lowest BCUT2D eigenvalue weighted by Gasteiger charge is -2.11. The van der Waals surface area contributed by atoms with E-state index in [2.05, 4.69) is 20.9 Å². The van der Waals surface area contributed by atoms with Gasteiger partial charge in [0.05, 0.1) is 12.1 Å². The molecule has 6 nitrogen and oxygen atoms in total. The minimum Gasteiger partial charge on any atom is -0.335 e. The number of carbonyl (C=O) groups is 2. The molecule has 132 valence electrons. The normalized spacial score (nSPS) is 14.3. The van der Waals surface area contributed by atoms with Gasteiger partial charge in [-0.05, 0) is 31.0 Å². The van der Waals surface area contributed by atoms with Crippen LogP contribution in [0.1, 0.15) is 31.4 Å². The highest BCUT2D eigenvalue weighted by Crippen LogP contribution is 2.19. The molecule has 0 aliphatic heterocycles. The van der Waals surface area contributed by atoms with E-state index in [0.717, 1.165) is 25.7 Å². The van der Waals surface area contributed by atoms with Gasteiger partial charge in [-0.25, -0.2) is 14.2 Å². The first kappa shape index (κ1) is 17.3. The lowest BCUT2D eigenvalue weighted by molar-refractivity contribution is -0.115. The molecule has 8 heteroatoms. The molecule has 1 fully saturated rings. The molecule has 3 N–H and O–H groups in total. The molecule has 3 rings (SSSR count). The zero-order valence-corrected chi connectivity index (χ0v) is 14.4. The summed E-state index contributed by atoms with van der Waals surface area (Å²) in [6.07, 6.45) is 4.37. The molecular weight excluding hydrogens is 343 g/mol. The van der Waals surface area contributed by atoms with Crippen LogP contribution in [-0.2, 0) is 11.2 Å². The van der Waals surface area contributed by atoms with Crippen LogP contribution in [0.25, 0.3) is 0 Å². The number of benzene rings is 1. The second kappa shape index (κ2) is 8.06. The van der Waals surface area contributed by atoms with E-state index in [0.29, 0.717) is 16.5 Å². The molecule has 1 aliphatic rings. The van der Waals surface area contributed by atoms with Gasteiger partial charge < -0.3 is 10.6 Å². The quantitative estimate of drug-likeness (QED) is 0.761. The van der Waals surface area contributed by atoms with Crippen LogP contribution in [0.3, 0.4) is 0 Å². The molecule has 3 amide bonds. The molecule has 25 heavy (non-hydrogen) atoms. The Hall–Kier alpha value is -2.48. The van der Waals surface area contributed by atoms with Crippen LogP contribution in [0.4, 0.5) is 20.0 Å². The fourth-order valence-corrected chi connectivity index (χ4v) is 3.48. The van der Waals surface area contributed by atoms with Crippen molar-refractivity contribution in [2.24, 2.45) is 0 Å². The van der Waals surface area contributed by atoms with E-state index in [1.807, 2.05) is 0 Å². The highest BCUT2D eigenvalue weighted by molar-refractivity contribution is 7.13. The van der Waals surface area contributed by atoms with E-state index in [1.54, 1.807) is 11.4 Å². The first-order valence-corrected chi connectivity index (χ1v) is 9.04. The van der Waals surface area contributed by atoms with Crippen LogP contribution in [0.2, 0.25) is 0 Å². The lowest BCUT2D eigenvalue weighted by Crippen LogP contribution is -2.36. The zero-order chi connectivity index (χ0) is 17.6. The van der Waals surface area contributed by atoms with Crippen LogP contribution in [0.15, 0.2) is 29.6 Å². The number of aromatic nitrogens is 1. The summed E-state index contributed by atoms with van der Waals surface area (Å²) < 4.78 is 13.1. The van der Waals surface area contributed by atoms with Gasteiger partial charge in [-0.1, -0.05) is 18.9 Å². The Kier molecular flexibility index (Phi) is 5.60. The number of thiazole rings is 1. The highest BCUT2D eigenvalue weighted by atomic mass is 32.1. The van der Waals surface area contributed by atoms with Crippen molar-refractivity contribution in [3.05, 3.63) is 41.2 Å². The second-order valence-corrected chi connectivity index (χ2v) is 6.82. The average molecular weight is 362 g/mol. The van der Waals surface area contributed by atoms with Gasteiger partial charge in [-0.3, -0.25) is 10.1 Å². The van der Waals surface area contributed by atoms with Crippen LogP contribution >= 0.6 is 11.3 Å². The summed E-state index contributed by atoms with van der Waals surface area (Å²) in [7, 11) is 0. The predicted molar refractivity (Wildman–Crippen MR) is 95.3 cm³/mol.